The summed E-state index contributed by atoms with van der Waals surface area (Å²) in [6.45, 7) is 6.44. The molecule has 1 unspecified atom stereocenters. The Hall–Kier alpha value is -0.340. The zero-order valence-corrected chi connectivity index (χ0v) is 10.6. The zero-order chi connectivity index (χ0) is 10.8. The van der Waals surface area contributed by atoms with E-state index in [1.54, 1.807) is 0 Å². The monoisotopic (exact) mass is 255 g/mol. The summed E-state index contributed by atoms with van der Waals surface area (Å²) in [5.41, 5.74) is 7.39. The van der Waals surface area contributed by atoms with Gasteiger partial charge >= 0.3 is 0 Å². The van der Waals surface area contributed by atoms with Crippen LogP contribution in [0.4, 0.5) is 0 Å². The molecule has 0 aromatic heterocycles. The van der Waals surface area contributed by atoms with E-state index in [9.17, 15) is 0 Å². The number of hydrogen-bond donors (Lipinski definition) is 1. The Morgan fingerprint density at radius 1 is 1.43 bits per heavy atom. The van der Waals surface area contributed by atoms with Gasteiger partial charge in [0.2, 0.25) is 0 Å². The SMILES string of the molecule is CC(C)C(C)(N)Cc1cccc(Br)c1. The van der Waals surface area contributed by atoms with E-state index >= 15 is 0 Å². The molecule has 0 heterocycles. The summed E-state index contributed by atoms with van der Waals surface area (Å²) in [4.78, 5) is 0. The topological polar surface area (TPSA) is 26.0 Å². The van der Waals surface area contributed by atoms with Crippen molar-refractivity contribution in [1.29, 1.82) is 0 Å². The minimum absolute atomic E-state index is 0.124. The molecule has 0 saturated carbocycles. The van der Waals surface area contributed by atoms with Gasteiger partial charge in [-0.3, -0.25) is 0 Å². The maximum absolute atomic E-state index is 6.23. The largest absolute Gasteiger partial charge is 0.325 e. The first kappa shape index (κ1) is 11.7. The van der Waals surface area contributed by atoms with Gasteiger partial charge in [0.15, 0.2) is 0 Å². The van der Waals surface area contributed by atoms with Crippen molar-refractivity contribution in [2.45, 2.75) is 32.7 Å². The molecule has 1 aromatic rings. The molecule has 1 rings (SSSR count). The van der Waals surface area contributed by atoms with Crippen molar-refractivity contribution >= 4 is 15.9 Å². The van der Waals surface area contributed by atoms with Crippen LogP contribution in [0.2, 0.25) is 0 Å². The molecule has 0 aliphatic rings. The third-order valence-corrected chi connectivity index (χ3v) is 3.29. The zero-order valence-electron chi connectivity index (χ0n) is 9.05. The molecular formula is C12H18BrN. The van der Waals surface area contributed by atoms with Crippen molar-refractivity contribution in [2.24, 2.45) is 11.7 Å². The molecular weight excluding hydrogens is 238 g/mol. The van der Waals surface area contributed by atoms with Gasteiger partial charge in [-0.1, -0.05) is 41.9 Å². The lowest BCUT2D eigenvalue weighted by atomic mass is 9.84. The lowest BCUT2D eigenvalue weighted by Crippen LogP contribution is -2.43. The minimum Gasteiger partial charge on any atom is -0.325 e. The smallest absolute Gasteiger partial charge is 0.0189 e. The van der Waals surface area contributed by atoms with E-state index in [4.69, 9.17) is 5.73 Å². The Kier molecular flexibility index (Phi) is 3.73. The van der Waals surface area contributed by atoms with Crippen LogP contribution in [0.15, 0.2) is 28.7 Å². The number of halogens is 1. The molecule has 0 aliphatic carbocycles. The molecule has 0 amide bonds. The van der Waals surface area contributed by atoms with Crippen LogP contribution in [0.5, 0.6) is 0 Å². The van der Waals surface area contributed by atoms with Gasteiger partial charge in [-0.05, 0) is 37.0 Å². The summed E-state index contributed by atoms with van der Waals surface area (Å²) in [6, 6.07) is 8.34. The lowest BCUT2D eigenvalue weighted by Gasteiger charge is -2.29. The highest BCUT2D eigenvalue weighted by Crippen LogP contribution is 2.21. The second kappa shape index (κ2) is 4.45. The van der Waals surface area contributed by atoms with Gasteiger partial charge in [-0.15, -0.1) is 0 Å². The van der Waals surface area contributed by atoms with Crippen LogP contribution in [0.25, 0.3) is 0 Å². The molecule has 78 valence electrons. The van der Waals surface area contributed by atoms with Crippen LogP contribution in [0, 0.1) is 5.92 Å². The second-order valence-electron chi connectivity index (χ2n) is 4.47. The molecule has 0 bridgehead atoms. The number of nitrogens with two attached hydrogens (primary N) is 1. The Bertz CT molecular complexity index is 305. The van der Waals surface area contributed by atoms with E-state index in [0.717, 1.165) is 10.9 Å². The van der Waals surface area contributed by atoms with Gasteiger partial charge in [-0.2, -0.15) is 0 Å². The van der Waals surface area contributed by atoms with Crippen LogP contribution in [-0.4, -0.2) is 5.54 Å². The summed E-state index contributed by atoms with van der Waals surface area (Å²) in [5.74, 6) is 0.487. The van der Waals surface area contributed by atoms with Gasteiger partial charge in [0.25, 0.3) is 0 Å². The minimum atomic E-state index is -0.124. The van der Waals surface area contributed by atoms with Crippen LogP contribution < -0.4 is 5.73 Å². The highest BCUT2D eigenvalue weighted by molar-refractivity contribution is 9.10. The van der Waals surface area contributed by atoms with Crippen molar-refractivity contribution in [1.82, 2.24) is 0 Å². The van der Waals surface area contributed by atoms with Crippen LogP contribution in [-0.2, 0) is 6.42 Å². The first-order chi connectivity index (χ1) is 6.42. The van der Waals surface area contributed by atoms with Crippen molar-refractivity contribution < 1.29 is 0 Å². The summed E-state index contributed by atoms with van der Waals surface area (Å²) in [6.07, 6.45) is 0.921. The molecule has 1 nitrogen and oxygen atoms in total. The van der Waals surface area contributed by atoms with E-state index in [-0.39, 0.29) is 5.54 Å². The fraction of sp³-hybridized carbons (Fsp3) is 0.500. The number of rotatable bonds is 3. The Morgan fingerprint density at radius 2 is 2.07 bits per heavy atom. The predicted molar refractivity (Wildman–Crippen MR) is 65.3 cm³/mol. The first-order valence-electron chi connectivity index (χ1n) is 4.95. The average Bonchev–Trinajstić information content (AvgIpc) is 2.02. The number of benzene rings is 1. The Balaban J connectivity index is 2.78. The third kappa shape index (κ3) is 3.10. The molecule has 0 fully saturated rings. The molecule has 2 heteroatoms. The summed E-state index contributed by atoms with van der Waals surface area (Å²) in [5, 5.41) is 0. The Morgan fingerprint density at radius 3 is 2.57 bits per heavy atom. The van der Waals surface area contributed by atoms with E-state index < -0.39 is 0 Å². The predicted octanol–water partition coefficient (Wildman–Crippen LogP) is 3.37. The highest BCUT2D eigenvalue weighted by Gasteiger charge is 2.23. The average molecular weight is 256 g/mol. The van der Waals surface area contributed by atoms with Gasteiger partial charge in [0.1, 0.15) is 0 Å². The van der Waals surface area contributed by atoms with E-state index in [1.165, 1.54) is 5.56 Å². The summed E-state index contributed by atoms with van der Waals surface area (Å²) >= 11 is 3.47. The van der Waals surface area contributed by atoms with Crippen molar-refractivity contribution in [3.05, 3.63) is 34.3 Å². The Labute approximate surface area is 94.8 Å². The highest BCUT2D eigenvalue weighted by atomic mass is 79.9. The first-order valence-corrected chi connectivity index (χ1v) is 5.74. The molecule has 1 aromatic carbocycles. The van der Waals surface area contributed by atoms with E-state index in [1.807, 2.05) is 6.07 Å². The molecule has 0 radical (unpaired) electrons. The second-order valence-corrected chi connectivity index (χ2v) is 5.38. The fourth-order valence-electron chi connectivity index (χ4n) is 1.29. The standard InChI is InChI=1S/C12H18BrN/c1-9(2)12(3,14)8-10-5-4-6-11(13)7-10/h4-7,9H,8,14H2,1-3H3. The van der Waals surface area contributed by atoms with Gasteiger partial charge in [-0.25, -0.2) is 0 Å². The van der Waals surface area contributed by atoms with Crippen LogP contribution >= 0.6 is 15.9 Å². The maximum Gasteiger partial charge on any atom is 0.0189 e. The van der Waals surface area contributed by atoms with Crippen molar-refractivity contribution in [2.75, 3.05) is 0 Å². The number of hydrogen-bond acceptors (Lipinski definition) is 1. The van der Waals surface area contributed by atoms with Crippen LogP contribution in [0.1, 0.15) is 26.3 Å². The molecule has 0 aliphatic heterocycles. The van der Waals surface area contributed by atoms with E-state index in [2.05, 4.69) is 54.9 Å². The molecule has 2 N–H and O–H groups in total. The summed E-state index contributed by atoms with van der Waals surface area (Å²) < 4.78 is 1.12. The molecule has 0 spiro atoms. The molecule has 0 saturated heterocycles. The molecule has 14 heavy (non-hydrogen) atoms. The molecule has 1 atom stereocenters. The van der Waals surface area contributed by atoms with Crippen LogP contribution in [0.3, 0.4) is 0 Å². The normalized spacial score (nSPS) is 15.6. The van der Waals surface area contributed by atoms with Crippen molar-refractivity contribution in [3.63, 3.8) is 0 Å². The fourth-order valence-corrected chi connectivity index (χ4v) is 1.74. The maximum atomic E-state index is 6.23. The quantitative estimate of drug-likeness (QED) is 0.881. The van der Waals surface area contributed by atoms with Gasteiger partial charge < -0.3 is 5.73 Å². The summed E-state index contributed by atoms with van der Waals surface area (Å²) in [7, 11) is 0. The van der Waals surface area contributed by atoms with E-state index in [0.29, 0.717) is 5.92 Å². The van der Waals surface area contributed by atoms with Gasteiger partial charge in [0, 0.05) is 10.0 Å². The van der Waals surface area contributed by atoms with Crippen molar-refractivity contribution in [3.8, 4) is 0 Å². The lowest BCUT2D eigenvalue weighted by molar-refractivity contribution is 0.338. The third-order valence-electron chi connectivity index (χ3n) is 2.79. The van der Waals surface area contributed by atoms with Gasteiger partial charge in [0.05, 0.1) is 0 Å².